The number of alkyl halides is 3. The molecule has 1 fully saturated rings. The summed E-state index contributed by atoms with van der Waals surface area (Å²) in [5, 5.41) is 0.164. The number of hydrogen-bond acceptors (Lipinski definition) is 4. The van der Waals surface area contributed by atoms with Crippen LogP contribution in [0.1, 0.15) is 25.3 Å². The fourth-order valence-electron chi connectivity index (χ4n) is 2.96. The standard InChI is InChI=1S/C17H19F3N2O2S2/c1-11-4-7-22(15(23)5-6-21-8-9-25-16(21)24)13-10-12(17(18,19)20)2-3-14(13)26-11/h2-3,10-11H,4-9H2,1H3. The lowest BCUT2D eigenvalue weighted by Crippen LogP contribution is -2.35. The molecule has 1 atom stereocenters. The smallest absolute Gasteiger partial charge is 0.332 e. The van der Waals surface area contributed by atoms with Gasteiger partial charge >= 0.3 is 6.18 Å². The van der Waals surface area contributed by atoms with Crippen LogP contribution in [-0.2, 0) is 11.0 Å². The van der Waals surface area contributed by atoms with E-state index in [-0.39, 0.29) is 22.8 Å². The number of fused-ring (bicyclic) bond motifs is 1. The van der Waals surface area contributed by atoms with Crippen molar-refractivity contribution in [2.45, 2.75) is 36.1 Å². The maximum atomic E-state index is 13.1. The number of rotatable bonds is 3. The van der Waals surface area contributed by atoms with Gasteiger partial charge in [0.25, 0.3) is 5.24 Å². The van der Waals surface area contributed by atoms with Crippen molar-refractivity contribution in [3.63, 3.8) is 0 Å². The lowest BCUT2D eigenvalue weighted by molar-refractivity contribution is -0.137. The summed E-state index contributed by atoms with van der Waals surface area (Å²) in [6.45, 7) is 3.29. The van der Waals surface area contributed by atoms with Crippen LogP contribution in [-0.4, -0.2) is 46.7 Å². The summed E-state index contributed by atoms with van der Waals surface area (Å²) in [5.41, 5.74) is -0.434. The van der Waals surface area contributed by atoms with E-state index in [9.17, 15) is 22.8 Å². The largest absolute Gasteiger partial charge is 0.416 e. The second-order valence-corrected chi connectivity index (χ2v) is 8.82. The van der Waals surface area contributed by atoms with Gasteiger partial charge in [-0.25, -0.2) is 0 Å². The third kappa shape index (κ3) is 4.31. The fraction of sp³-hybridized carbons (Fsp3) is 0.529. The van der Waals surface area contributed by atoms with Gasteiger partial charge in [0, 0.05) is 42.0 Å². The zero-order chi connectivity index (χ0) is 18.9. The molecule has 2 aliphatic rings. The first-order valence-corrected chi connectivity index (χ1v) is 10.2. The molecule has 9 heteroatoms. The number of benzene rings is 1. The predicted octanol–water partition coefficient (Wildman–Crippen LogP) is 4.48. The Morgan fingerprint density at radius 2 is 2.08 bits per heavy atom. The van der Waals surface area contributed by atoms with Crippen LogP contribution in [0.3, 0.4) is 0 Å². The van der Waals surface area contributed by atoms with Gasteiger partial charge in [0.1, 0.15) is 0 Å². The molecule has 2 aliphatic heterocycles. The molecule has 0 radical (unpaired) electrons. The molecule has 1 unspecified atom stereocenters. The number of thioether (sulfide) groups is 2. The van der Waals surface area contributed by atoms with E-state index >= 15 is 0 Å². The summed E-state index contributed by atoms with van der Waals surface area (Å²) in [6, 6.07) is 3.58. The zero-order valence-electron chi connectivity index (χ0n) is 14.2. The maximum absolute atomic E-state index is 13.1. The Kier molecular flexibility index (Phi) is 5.76. The highest BCUT2D eigenvalue weighted by molar-refractivity contribution is 8.13. The SMILES string of the molecule is CC1CCN(C(=O)CCN2CCSC2=O)c2cc(C(F)(F)F)ccc2S1. The Hall–Kier alpha value is -1.35. The molecule has 4 nitrogen and oxygen atoms in total. The minimum Gasteiger partial charge on any atom is -0.332 e. The third-order valence-corrected chi connectivity index (χ3v) is 6.54. The number of anilines is 1. The first-order chi connectivity index (χ1) is 12.3. The summed E-state index contributed by atoms with van der Waals surface area (Å²) in [4.78, 5) is 28.1. The van der Waals surface area contributed by atoms with Crippen molar-refractivity contribution >= 4 is 40.4 Å². The van der Waals surface area contributed by atoms with E-state index in [1.807, 2.05) is 6.92 Å². The Bertz CT molecular complexity index is 712. The van der Waals surface area contributed by atoms with Crippen LogP contribution in [0.15, 0.2) is 23.1 Å². The Balaban J connectivity index is 1.82. The van der Waals surface area contributed by atoms with Gasteiger partial charge in [-0.15, -0.1) is 11.8 Å². The molecule has 26 heavy (non-hydrogen) atoms. The molecule has 1 saturated heterocycles. The quantitative estimate of drug-likeness (QED) is 0.745. The van der Waals surface area contributed by atoms with E-state index in [0.29, 0.717) is 42.4 Å². The molecule has 0 aliphatic carbocycles. The van der Waals surface area contributed by atoms with E-state index in [2.05, 4.69) is 0 Å². The van der Waals surface area contributed by atoms with Crippen molar-refractivity contribution in [2.75, 3.05) is 30.3 Å². The number of carbonyl (C=O) groups is 2. The normalized spacial score (nSPS) is 20.9. The average Bonchev–Trinajstić information content (AvgIpc) is 2.89. The summed E-state index contributed by atoms with van der Waals surface area (Å²) in [6.07, 6.45) is -3.64. The molecule has 2 heterocycles. The van der Waals surface area contributed by atoms with E-state index < -0.39 is 11.7 Å². The molecule has 1 aromatic rings. The lowest BCUT2D eigenvalue weighted by Gasteiger charge is -2.25. The molecule has 0 aromatic heterocycles. The monoisotopic (exact) mass is 404 g/mol. The second kappa shape index (κ2) is 7.72. The van der Waals surface area contributed by atoms with Crippen LogP contribution in [0.25, 0.3) is 0 Å². The first kappa shape index (κ1) is 19.4. The van der Waals surface area contributed by atoms with Crippen LogP contribution in [0.4, 0.5) is 23.7 Å². The highest BCUT2D eigenvalue weighted by Gasteiger charge is 2.33. The van der Waals surface area contributed by atoms with Gasteiger partial charge in [-0.3, -0.25) is 9.59 Å². The van der Waals surface area contributed by atoms with Crippen molar-refractivity contribution in [1.82, 2.24) is 4.90 Å². The number of nitrogens with zero attached hydrogens (tertiary/aromatic N) is 2. The van der Waals surface area contributed by atoms with Crippen LogP contribution >= 0.6 is 23.5 Å². The molecular formula is C17H19F3N2O2S2. The van der Waals surface area contributed by atoms with Gasteiger partial charge in [-0.1, -0.05) is 18.7 Å². The van der Waals surface area contributed by atoms with Crippen molar-refractivity contribution < 1.29 is 22.8 Å². The number of hydrogen-bond donors (Lipinski definition) is 0. The van der Waals surface area contributed by atoms with Crippen molar-refractivity contribution in [3.05, 3.63) is 23.8 Å². The molecule has 3 rings (SSSR count). The Morgan fingerprint density at radius 3 is 2.73 bits per heavy atom. The molecule has 0 bridgehead atoms. The molecule has 142 valence electrons. The molecule has 0 saturated carbocycles. The predicted molar refractivity (Wildman–Crippen MR) is 97.8 cm³/mol. The van der Waals surface area contributed by atoms with Crippen molar-refractivity contribution in [3.8, 4) is 0 Å². The first-order valence-electron chi connectivity index (χ1n) is 8.35. The molecular weight excluding hydrogens is 385 g/mol. The molecule has 1 aromatic carbocycles. The number of halogens is 3. The van der Waals surface area contributed by atoms with Crippen molar-refractivity contribution in [1.29, 1.82) is 0 Å². The minimum absolute atomic E-state index is 0.0439. The van der Waals surface area contributed by atoms with Crippen molar-refractivity contribution in [2.24, 2.45) is 0 Å². The van der Waals surface area contributed by atoms with Crippen LogP contribution in [0, 0.1) is 0 Å². The number of carbonyl (C=O) groups excluding carboxylic acids is 2. The summed E-state index contributed by atoms with van der Waals surface area (Å²) >= 11 is 2.71. The van der Waals surface area contributed by atoms with Crippen LogP contribution in [0.5, 0.6) is 0 Å². The summed E-state index contributed by atoms with van der Waals surface area (Å²) in [7, 11) is 0. The van der Waals surface area contributed by atoms with Gasteiger partial charge in [-0.05, 0) is 24.6 Å². The van der Waals surface area contributed by atoms with Crippen LogP contribution in [0.2, 0.25) is 0 Å². The lowest BCUT2D eigenvalue weighted by atomic mass is 10.1. The van der Waals surface area contributed by atoms with Gasteiger partial charge < -0.3 is 9.80 Å². The van der Waals surface area contributed by atoms with E-state index in [1.54, 1.807) is 4.90 Å². The average molecular weight is 404 g/mol. The Morgan fingerprint density at radius 1 is 1.31 bits per heavy atom. The minimum atomic E-state index is -4.45. The van der Waals surface area contributed by atoms with E-state index in [4.69, 9.17) is 0 Å². The Labute approximate surface area is 158 Å². The van der Waals surface area contributed by atoms with Gasteiger partial charge in [-0.2, -0.15) is 13.2 Å². The van der Waals surface area contributed by atoms with E-state index in [1.165, 1.54) is 34.5 Å². The van der Waals surface area contributed by atoms with Gasteiger partial charge in [0.2, 0.25) is 5.91 Å². The molecule has 0 N–H and O–H groups in total. The highest BCUT2D eigenvalue weighted by atomic mass is 32.2. The van der Waals surface area contributed by atoms with Crippen LogP contribution < -0.4 is 4.90 Å². The zero-order valence-corrected chi connectivity index (χ0v) is 15.8. The fourth-order valence-corrected chi connectivity index (χ4v) is 4.91. The topological polar surface area (TPSA) is 40.6 Å². The van der Waals surface area contributed by atoms with Gasteiger partial charge in [0.15, 0.2) is 0 Å². The molecule has 0 spiro atoms. The summed E-state index contributed by atoms with van der Waals surface area (Å²) in [5.74, 6) is 0.466. The maximum Gasteiger partial charge on any atom is 0.416 e. The second-order valence-electron chi connectivity index (χ2n) is 6.29. The van der Waals surface area contributed by atoms with Gasteiger partial charge in [0.05, 0.1) is 11.3 Å². The summed E-state index contributed by atoms with van der Waals surface area (Å²) < 4.78 is 39.3. The van der Waals surface area contributed by atoms with E-state index in [0.717, 1.165) is 12.1 Å². The number of amides is 2. The highest BCUT2D eigenvalue weighted by Crippen LogP contribution is 2.41. The third-order valence-electron chi connectivity index (χ3n) is 4.41. The molecule has 2 amide bonds.